The summed E-state index contributed by atoms with van der Waals surface area (Å²) in [6, 6.07) is 17.3. The highest BCUT2D eigenvalue weighted by molar-refractivity contribution is 6.23. The first kappa shape index (κ1) is 14.9. The molecule has 0 saturated heterocycles. The molecule has 2 aliphatic carbocycles. The number of carbonyl (C=O) groups excluding carboxylic acids is 2. The van der Waals surface area contributed by atoms with Gasteiger partial charge in [-0.15, -0.1) is 0 Å². The van der Waals surface area contributed by atoms with Crippen molar-refractivity contribution in [1.82, 2.24) is 0 Å². The molecule has 2 aliphatic rings. The molecule has 0 saturated carbocycles. The molecule has 0 fully saturated rings. The first-order valence-electron chi connectivity index (χ1n) is 7.47. The van der Waals surface area contributed by atoms with E-state index in [2.05, 4.69) is 6.07 Å². The third-order valence-corrected chi connectivity index (χ3v) is 3.80. The molecule has 23 heavy (non-hydrogen) atoms. The lowest BCUT2D eigenvalue weighted by atomic mass is 9.96. The van der Waals surface area contributed by atoms with Crippen LogP contribution in [0.3, 0.4) is 0 Å². The molecule has 0 radical (unpaired) electrons. The van der Waals surface area contributed by atoms with Crippen LogP contribution in [0.5, 0.6) is 0 Å². The summed E-state index contributed by atoms with van der Waals surface area (Å²) in [6.45, 7) is 1.56. The van der Waals surface area contributed by atoms with Crippen molar-refractivity contribution >= 4 is 23.2 Å². The first-order valence-corrected chi connectivity index (χ1v) is 7.47. The molecule has 2 aromatic rings. The Hall–Kier alpha value is -3.00. The predicted molar refractivity (Wildman–Crippen MR) is 93.0 cm³/mol. The Morgan fingerprint density at radius 2 is 1.57 bits per heavy atom. The normalized spacial score (nSPS) is 14.0. The Balaban J connectivity index is 0.000000151. The molecular formula is C21H16O2. The van der Waals surface area contributed by atoms with Crippen LogP contribution in [0.4, 0.5) is 0 Å². The van der Waals surface area contributed by atoms with Gasteiger partial charge in [-0.05, 0) is 35.8 Å². The van der Waals surface area contributed by atoms with Gasteiger partial charge in [0.15, 0.2) is 11.6 Å². The number of benzene rings is 2. The summed E-state index contributed by atoms with van der Waals surface area (Å²) >= 11 is 0. The Bertz CT molecular complexity index is 852. The van der Waals surface area contributed by atoms with E-state index in [0.717, 1.165) is 22.3 Å². The van der Waals surface area contributed by atoms with Gasteiger partial charge in [0.2, 0.25) is 0 Å². The number of fused-ring (bicyclic) bond motifs is 3. The Kier molecular flexibility index (Phi) is 4.15. The molecule has 2 heteroatoms. The first-order chi connectivity index (χ1) is 11.2. The summed E-state index contributed by atoms with van der Waals surface area (Å²) in [5, 5.41) is 0. The molecule has 0 unspecified atom stereocenters. The van der Waals surface area contributed by atoms with Gasteiger partial charge in [-0.25, -0.2) is 0 Å². The fourth-order valence-corrected chi connectivity index (χ4v) is 2.62. The quantitative estimate of drug-likeness (QED) is 0.727. The molecule has 112 valence electrons. The smallest absolute Gasteiger partial charge is 0.186 e. The second-order valence-electron chi connectivity index (χ2n) is 5.37. The maximum absolute atomic E-state index is 11.5. The SMILES string of the molecule is CC(=O)c1ccccc1.O=C1C=CC=C2C1=Cc1ccccc12. The molecule has 0 bridgehead atoms. The maximum Gasteiger partial charge on any atom is 0.186 e. The Labute approximate surface area is 135 Å². The van der Waals surface area contributed by atoms with E-state index >= 15 is 0 Å². The van der Waals surface area contributed by atoms with E-state index in [9.17, 15) is 9.59 Å². The predicted octanol–water partition coefficient (Wildman–Crippen LogP) is 4.50. The van der Waals surface area contributed by atoms with Gasteiger partial charge < -0.3 is 0 Å². The number of allylic oxidation sites excluding steroid dienone is 5. The van der Waals surface area contributed by atoms with Crippen molar-refractivity contribution in [3.8, 4) is 0 Å². The molecule has 0 aromatic heterocycles. The van der Waals surface area contributed by atoms with Crippen LogP contribution >= 0.6 is 0 Å². The molecule has 0 atom stereocenters. The average Bonchev–Trinajstić information content (AvgIpc) is 2.97. The minimum Gasteiger partial charge on any atom is -0.295 e. The number of hydrogen-bond donors (Lipinski definition) is 0. The summed E-state index contributed by atoms with van der Waals surface area (Å²) in [6.07, 6.45) is 7.39. The third-order valence-electron chi connectivity index (χ3n) is 3.80. The van der Waals surface area contributed by atoms with Crippen molar-refractivity contribution in [2.24, 2.45) is 0 Å². The number of hydrogen-bond acceptors (Lipinski definition) is 2. The van der Waals surface area contributed by atoms with Crippen LogP contribution in [-0.4, -0.2) is 11.6 Å². The van der Waals surface area contributed by atoms with Crippen LogP contribution in [0.25, 0.3) is 11.6 Å². The van der Waals surface area contributed by atoms with E-state index in [4.69, 9.17) is 0 Å². The van der Waals surface area contributed by atoms with Crippen molar-refractivity contribution < 1.29 is 9.59 Å². The van der Waals surface area contributed by atoms with Gasteiger partial charge in [-0.3, -0.25) is 9.59 Å². The van der Waals surface area contributed by atoms with Crippen LogP contribution in [0.2, 0.25) is 0 Å². The van der Waals surface area contributed by atoms with Crippen LogP contribution in [0.15, 0.2) is 78.4 Å². The molecule has 0 spiro atoms. The summed E-state index contributed by atoms with van der Waals surface area (Å²) in [5.74, 6) is 0.231. The zero-order valence-corrected chi connectivity index (χ0v) is 12.8. The lowest BCUT2D eigenvalue weighted by Crippen LogP contribution is -2.00. The van der Waals surface area contributed by atoms with Gasteiger partial charge in [0.05, 0.1) is 0 Å². The lowest BCUT2D eigenvalue weighted by molar-refractivity contribution is -0.110. The molecule has 0 N–H and O–H groups in total. The Morgan fingerprint density at radius 3 is 2.26 bits per heavy atom. The van der Waals surface area contributed by atoms with E-state index in [1.54, 1.807) is 13.0 Å². The van der Waals surface area contributed by atoms with E-state index < -0.39 is 0 Å². The van der Waals surface area contributed by atoms with Crippen molar-refractivity contribution in [3.63, 3.8) is 0 Å². The van der Waals surface area contributed by atoms with E-state index in [-0.39, 0.29) is 11.6 Å². The van der Waals surface area contributed by atoms with Crippen LogP contribution in [0, 0.1) is 0 Å². The minimum absolute atomic E-state index is 0.110. The molecule has 0 aliphatic heterocycles. The van der Waals surface area contributed by atoms with Gasteiger partial charge in [0, 0.05) is 11.1 Å². The number of ketones is 2. The molecular weight excluding hydrogens is 284 g/mol. The number of carbonyl (C=O) groups is 2. The summed E-state index contributed by atoms with van der Waals surface area (Å²) in [4.78, 5) is 22.2. The summed E-state index contributed by atoms with van der Waals surface area (Å²) < 4.78 is 0. The highest BCUT2D eigenvalue weighted by Gasteiger charge is 2.23. The maximum atomic E-state index is 11.5. The second-order valence-corrected chi connectivity index (χ2v) is 5.37. The topological polar surface area (TPSA) is 34.1 Å². The summed E-state index contributed by atoms with van der Waals surface area (Å²) in [7, 11) is 0. The van der Waals surface area contributed by atoms with Crippen LogP contribution < -0.4 is 0 Å². The number of rotatable bonds is 1. The van der Waals surface area contributed by atoms with Crippen molar-refractivity contribution in [2.75, 3.05) is 0 Å². The number of Topliss-reactive ketones (excluding diaryl/α,β-unsaturated/α-hetero) is 1. The zero-order valence-electron chi connectivity index (χ0n) is 12.8. The van der Waals surface area contributed by atoms with Crippen LogP contribution in [-0.2, 0) is 4.79 Å². The van der Waals surface area contributed by atoms with E-state index in [0.29, 0.717) is 0 Å². The molecule has 4 rings (SSSR count). The Morgan fingerprint density at radius 1 is 0.870 bits per heavy atom. The van der Waals surface area contributed by atoms with E-state index in [1.807, 2.05) is 66.8 Å². The zero-order chi connectivity index (χ0) is 16.2. The third kappa shape index (κ3) is 3.11. The van der Waals surface area contributed by atoms with Gasteiger partial charge in [-0.2, -0.15) is 0 Å². The van der Waals surface area contributed by atoms with Crippen LogP contribution in [0.1, 0.15) is 28.4 Å². The van der Waals surface area contributed by atoms with Gasteiger partial charge >= 0.3 is 0 Å². The van der Waals surface area contributed by atoms with E-state index in [1.165, 1.54) is 5.56 Å². The highest BCUT2D eigenvalue weighted by atomic mass is 16.1. The average molecular weight is 300 g/mol. The molecule has 0 heterocycles. The van der Waals surface area contributed by atoms with Crippen molar-refractivity contribution in [1.29, 1.82) is 0 Å². The van der Waals surface area contributed by atoms with Gasteiger partial charge in [0.1, 0.15) is 0 Å². The fourth-order valence-electron chi connectivity index (χ4n) is 2.62. The summed E-state index contributed by atoms with van der Waals surface area (Å²) in [5.41, 5.74) is 4.98. The van der Waals surface area contributed by atoms with Gasteiger partial charge in [0.25, 0.3) is 0 Å². The highest BCUT2D eigenvalue weighted by Crippen LogP contribution is 2.37. The molecule has 2 nitrogen and oxygen atoms in total. The second kappa shape index (κ2) is 6.41. The molecule has 2 aromatic carbocycles. The van der Waals surface area contributed by atoms with Gasteiger partial charge in [-0.1, -0.05) is 66.7 Å². The molecule has 0 amide bonds. The minimum atomic E-state index is 0.110. The monoisotopic (exact) mass is 300 g/mol. The fraction of sp³-hybridized carbons (Fsp3) is 0.0476. The van der Waals surface area contributed by atoms with Crippen molar-refractivity contribution in [2.45, 2.75) is 6.92 Å². The lowest BCUT2D eigenvalue weighted by Gasteiger charge is -2.06. The largest absolute Gasteiger partial charge is 0.295 e. The standard InChI is InChI=1S/C13H8O.C8H8O/c14-13-7-3-6-11-10-5-2-1-4-9(10)8-12(11)13;1-7(9)8-5-3-2-4-6-8/h1-8H;2-6H,1H3. The van der Waals surface area contributed by atoms with Crippen molar-refractivity contribution in [3.05, 3.63) is 95.1 Å².